The summed E-state index contributed by atoms with van der Waals surface area (Å²) in [5.41, 5.74) is 6.40. The number of benzene rings is 1. The number of nitro groups is 1. The highest BCUT2D eigenvalue weighted by molar-refractivity contribution is 9.11. The van der Waals surface area contributed by atoms with Gasteiger partial charge in [0, 0.05) is 12.1 Å². The van der Waals surface area contributed by atoms with Gasteiger partial charge < -0.3 is 10.5 Å². The summed E-state index contributed by atoms with van der Waals surface area (Å²) in [5, 5.41) is 10.8. The summed E-state index contributed by atoms with van der Waals surface area (Å²) in [6, 6.07) is 2.71. The average molecular weight is 418 g/mol. The molecule has 0 bridgehead atoms. The number of aromatic nitrogens is 2. The Kier molecular flexibility index (Phi) is 4.73. The van der Waals surface area contributed by atoms with Crippen molar-refractivity contribution in [2.75, 3.05) is 5.73 Å². The van der Waals surface area contributed by atoms with E-state index in [4.69, 9.17) is 10.5 Å². The van der Waals surface area contributed by atoms with Gasteiger partial charge in [0.25, 0.3) is 5.69 Å². The van der Waals surface area contributed by atoms with E-state index in [9.17, 15) is 10.1 Å². The smallest absolute Gasteiger partial charge is 0.271 e. The van der Waals surface area contributed by atoms with Crippen LogP contribution in [-0.2, 0) is 6.42 Å². The number of ether oxygens (including phenoxy) is 1. The summed E-state index contributed by atoms with van der Waals surface area (Å²) in [5.74, 6) is 1.05. The molecule has 7 nitrogen and oxygen atoms in total. The zero-order chi connectivity index (χ0) is 15.6. The highest BCUT2D eigenvalue weighted by Gasteiger charge is 2.18. The van der Waals surface area contributed by atoms with Crippen molar-refractivity contribution in [3.8, 4) is 11.6 Å². The molecule has 2 rings (SSSR count). The van der Waals surface area contributed by atoms with E-state index in [-0.39, 0.29) is 5.69 Å². The van der Waals surface area contributed by atoms with Gasteiger partial charge in [-0.1, -0.05) is 6.92 Å². The van der Waals surface area contributed by atoms with Gasteiger partial charge in [0.2, 0.25) is 5.88 Å². The molecule has 0 aliphatic heterocycles. The highest BCUT2D eigenvalue weighted by atomic mass is 79.9. The third-order valence-electron chi connectivity index (χ3n) is 2.69. The Hall–Kier alpha value is -1.74. The molecule has 0 spiro atoms. The maximum Gasteiger partial charge on any atom is 0.271 e. The molecule has 1 heterocycles. The van der Waals surface area contributed by atoms with Crippen LogP contribution in [0, 0.1) is 10.1 Å². The molecule has 0 radical (unpaired) electrons. The molecule has 21 heavy (non-hydrogen) atoms. The lowest BCUT2D eigenvalue weighted by Crippen LogP contribution is -2.02. The molecule has 2 N–H and O–H groups in total. The Balaban J connectivity index is 2.45. The highest BCUT2D eigenvalue weighted by Crippen LogP contribution is 2.40. The SMILES string of the molecule is CCc1c(N)ncnc1Oc1c(Br)cc([N+](=O)[O-])cc1Br. The lowest BCUT2D eigenvalue weighted by Gasteiger charge is -2.12. The monoisotopic (exact) mass is 416 g/mol. The van der Waals surface area contributed by atoms with E-state index in [0.29, 0.717) is 38.4 Å². The second-order valence-corrected chi connectivity index (χ2v) is 5.70. The van der Waals surface area contributed by atoms with Crippen molar-refractivity contribution in [2.24, 2.45) is 0 Å². The van der Waals surface area contributed by atoms with Gasteiger partial charge in [0.05, 0.1) is 19.4 Å². The first-order valence-corrected chi connectivity index (χ1v) is 7.43. The van der Waals surface area contributed by atoms with Gasteiger partial charge in [0.15, 0.2) is 5.75 Å². The molecule has 1 aromatic heterocycles. The Morgan fingerprint density at radius 2 is 1.95 bits per heavy atom. The lowest BCUT2D eigenvalue weighted by molar-refractivity contribution is -0.385. The third-order valence-corrected chi connectivity index (χ3v) is 3.86. The summed E-state index contributed by atoms with van der Waals surface area (Å²) in [6.07, 6.45) is 1.90. The van der Waals surface area contributed by atoms with Gasteiger partial charge in [-0.15, -0.1) is 0 Å². The number of non-ortho nitro benzene ring substituents is 1. The van der Waals surface area contributed by atoms with Crippen LogP contribution in [0.1, 0.15) is 12.5 Å². The minimum absolute atomic E-state index is 0.0565. The molecular formula is C12H10Br2N4O3. The molecule has 0 saturated heterocycles. The van der Waals surface area contributed by atoms with Crippen molar-refractivity contribution >= 4 is 43.4 Å². The van der Waals surface area contributed by atoms with Gasteiger partial charge >= 0.3 is 0 Å². The summed E-state index contributed by atoms with van der Waals surface area (Å²) < 4.78 is 6.60. The van der Waals surface area contributed by atoms with E-state index >= 15 is 0 Å². The van der Waals surface area contributed by atoms with E-state index < -0.39 is 4.92 Å². The summed E-state index contributed by atoms with van der Waals surface area (Å²) in [7, 11) is 0. The maximum absolute atomic E-state index is 10.8. The van der Waals surface area contributed by atoms with Crippen LogP contribution in [0.5, 0.6) is 11.6 Å². The number of halogens is 2. The van der Waals surface area contributed by atoms with Crippen LogP contribution in [0.25, 0.3) is 0 Å². The maximum atomic E-state index is 10.8. The quantitative estimate of drug-likeness (QED) is 0.598. The van der Waals surface area contributed by atoms with Crippen LogP contribution >= 0.6 is 31.9 Å². The second kappa shape index (κ2) is 6.35. The molecular weight excluding hydrogens is 408 g/mol. The molecule has 2 aromatic rings. The van der Waals surface area contributed by atoms with E-state index in [2.05, 4.69) is 41.8 Å². The Morgan fingerprint density at radius 3 is 2.48 bits per heavy atom. The normalized spacial score (nSPS) is 10.4. The Bertz CT molecular complexity index is 686. The van der Waals surface area contributed by atoms with Crippen molar-refractivity contribution in [3.05, 3.63) is 43.1 Å². The number of hydrogen-bond acceptors (Lipinski definition) is 6. The molecule has 9 heteroatoms. The van der Waals surface area contributed by atoms with E-state index in [0.717, 1.165) is 0 Å². The lowest BCUT2D eigenvalue weighted by atomic mass is 10.2. The summed E-state index contributed by atoms with van der Waals surface area (Å²) in [4.78, 5) is 18.3. The summed E-state index contributed by atoms with van der Waals surface area (Å²) in [6.45, 7) is 1.90. The molecule has 0 fully saturated rings. The zero-order valence-electron chi connectivity index (χ0n) is 10.8. The molecule has 1 aromatic carbocycles. The van der Waals surface area contributed by atoms with Crippen LogP contribution in [0.15, 0.2) is 27.4 Å². The molecule has 0 atom stereocenters. The van der Waals surface area contributed by atoms with Crippen molar-refractivity contribution in [2.45, 2.75) is 13.3 Å². The zero-order valence-corrected chi connectivity index (χ0v) is 14.0. The van der Waals surface area contributed by atoms with Gasteiger partial charge in [-0.05, 0) is 38.3 Å². The number of nitrogens with zero attached hydrogens (tertiary/aromatic N) is 3. The van der Waals surface area contributed by atoms with Crippen molar-refractivity contribution in [1.82, 2.24) is 9.97 Å². The minimum Gasteiger partial charge on any atom is -0.436 e. The molecule has 0 unspecified atom stereocenters. The fourth-order valence-corrected chi connectivity index (χ4v) is 3.00. The standard InChI is InChI=1S/C12H10Br2N4O3/c1-2-7-11(15)16-5-17-12(7)21-10-8(13)3-6(18(19)20)4-9(10)14/h3-5H,2H2,1H3,(H2,15,16,17). The Morgan fingerprint density at radius 1 is 1.33 bits per heavy atom. The number of nitro benzene ring substituents is 1. The van der Waals surface area contributed by atoms with Gasteiger partial charge in [0.1, 0.15) is 12.1 Å². The molecule has 0 amide bonds. The molecule has 0 aliphatic rings. The molecule has 0 aliphatic carbocycles. The van der Waals surface area contributed by atoms with Crippen LogP contribution in [0.4, 0.5) is 11.5 Å². The van der Waals surface area contributed by atoms with Crippen LogP contribution < -0.4 is 10.5 Å². The number of anilines is 1. The largest absolute Gasteiger partial charge is 0.436 e. The molecule has 110 valence electrons. The first-order valence-electron chi connectivity index (χ1n) is 5.84. The average Bonchev–Trinajstić information content (AvgIpc) is 2.42. The topological polar surface area (TPSA) is 104 Å². The van der Waals surface area contributed by atoms with E-state index in [1.165, 1.54) is 18.5 Å². The number of hydrogen-bond donors (Lipinski definition) is 1. The Labute approximate surface area is 136 Å². The van der Waals surface area contributed by atoms with Crippen molar-refractivity contribution in [1.29, 1.82) is 0 Å². The third kappa shape index (κ3) is 3.30. The van der Waals surface area contributed by atoms with Crippen molar-refractivity contribution < 1.29 is 9.66 Å². The van der Waals surface area contributed by atoms with Gasteiger partial charge in [-0.25, -0.2) is 9.97 Å². The fraction of sp³-hybridized carbons (Fsp3) is 0.167. The van der Waals surface area contributed by atoms with Crippen LogP contribution in [-0.4, -0.2) is 14.9 Å². The van der Waals surface area contributed by atoms with Crippen LogP contribution in [0.2, 0.25) is 0 Å². The van der Waals surface area contributed by atoms with Crippen molar-refractivity contribution in [3.63, 3.8) is 0 Å². The molecule has 0 saturated carbocycles. The van der Waals surface area contributed by atoms with Gasteiger partial charge in [-0.3, -0.25) is 10.1 Å². The first-order chi connectivity index (χ1) is 9.93. The first kappa shape index (κ1) is 15.6. The van der Waals surface area contributed by atoms with E-state index in [1.54, 1.807) is 0 Å². The van der Waals surface area contributed by atoms with Gasteiger partial charge in [-0.2, -0.15) is 0 Å². The summed E-state index contributed by atoms with van der Waals surface area (Å²) >= 11 is 6.51. The second-order valence-electron chi connectivity index (χ2n) is 3.99. The number of nitrogens with two attached hydrogens (primary N) is 1. The minimum atomic E-state index is -0.487. The van der Waals surface area contributed by atoms with E-state index in [1.807, 2.05) is 6.92 Å². The fourth-order valence-electron chi connectivity index (χ4n) is 1.68. The van der Waals surface area contributed by atoms with Crippen LogP contribution in [0.3, 0.4) is 0 Å². The predicted octanol–water partition coefficient (Wildman–Crippen LogP) is 3.85. The number of nitrogen functional groups attached to an aromatic ring is 1. The predicted molar refractivity (Wildman–Crippen MR) is 84.4 cm³/mol. The number of rotatable bonds is 4.